The number of carboxylic acids is 1. The summed E-state index contributed by atoms with van der Waals surface area (Å²) < 4.78 is 14.3. The minimum absolute atomic E-state index is 0.115. The number of hydrogen-bond acceptors (Lipinski definition) is 2. The summed E-state index contributed by atoms with van der Waals surface area (Å²) in [6.45, 7) is 7.76. The van der Waals surface area contributed by atoms with Crippen LogP contribution in [-0.2, 0) is 17.6 Å². The van der Waals surface area contributed by atoms with Crippen LogP contribution in [0.15, 0.2) is 12.1 Å². The maximum atomic E-state index is 14.3. The summed E-state index contributed by atoms with van der Waals surface area (Å²) in [4.78, 5) is 15.4. The van der Waals surface area contributed by atoms with Gasteiger partial charge in [-0.2, -0.15) is 0 Å². The summed E-state index contributed by atoms with van der Waals surface area (Å²) in [6.07, 6.45) is 0.641. The van der Waals surface area contributed by atoms with Gasteiger partial charge in [-0.3, -0.25) is 4.79 Å². The van der Waals surface area contributed by atoms with Crippen molar-refractivity contribution in [2.45, 2.75) is 40.5 Å². The van der Waals surface area contributed by atoms with Crippen LogP contribution in [0.4, 0.5) is 4.39 Å². The van der Waals surface area contributed by atoms with Crippen molar-refractivity contribution in [1.29, 1.82) is 0 Å². The highest BCUT2D eigenvalue weighted by atomic mass is 19.1. The summed E-state index contributed by atoms with van der Waals surface area (Å²) in [5.41, 5.74) is 3.31. The third-order valence-electron chi connectivity index (χ3n) is 3.70. The van der Waals surface area contributed by atoms with E-state index in [-0.39, 0.29) is 17.8 Å². The maximum Gasteiger partial charge on any atom is 0.307 e. The lowest BCUT2D eigenvalue weighted by atomic mass is 9.95. The third-order valence-corrected chi connectivity index (χ3v) is 3.70. The van der Waals surface area contributed by atoms with E-state index in [4.69, 9.17) is 5.11 Å². The number of aryl methyl sites for hydroxylation is 1. The number of benzene rings is 1. The third kappa shape index (κ3) is 3.20. The molecule has 21 heavy (non-hydrogen) atoms. The normalized spacial score (nSPS) is 11.3. The summed E-state index contributed by atoms with van der Waals surface area (Å²) in [7, 11) is 0. The Morgan fingerprint density at radius 3 is 2.57 bits per heavy atom. The molecule has 0 atom stereocenters. The predicted molar refractivity (Wildman–Crippen MR) is 81.1 cm³/mol. The molecular weight excluding hydrogens is 269 g/mol. The molecule has 0 aliphatic carbocycles. The molecule has 0 unspecified atom stereocenters. The molecule has 1 aromatic heterocycles. The van der Waals surface area contributed by atoms with Crippen molar-refractivity contribution in [2.24, 2.45) is 5.92 Å². The van der Waals surface area contributed by atoms with Gasteiger partial charge in [-0.25, -0.2) is 9.37 Å². The van der Waals surface area contributed by atoms with Crippen molar-refractivity contribution in [1.82, 2.24) is 4.98 Å². The molecular formula is C17H20FNO2. The molecule has 0 aliphatic rings. The molecule has 1 N–H and O–H groups in total. The van der Waals surface area contributed by atoms with Crippen LogP contribution in [0.5, 0.6) is 0 Å². The first-order valence-electron chi connectivity index (χ1n) is 7.09. The van der Waals surface area contributed by atoms with Gasteiger partial charge >= 0.3 is 5.97 Å². The highest BCUT2D eigenvalue weighted by Crippen LogP contribution is 2.27. The fourth-order valence-corrected chi connectivity index (χ4v) is 2.64. The van der Waals surface area contributed by atoms with Gasteiger partial charge < -0.3 is 5.11 Å². The first-order chi connectivity index (χ1) is 9.79. The number of hydrogen-bond donors (Lipinski definition) is 1. The van der Waals surface area contributed by atoms with Crippen molar-refractivity contribution < 1.29 is 14.3 Å². The molecule has 4 heteroatoms. The molecule has 2 aromatic rings. The highest BCUT2D eigenvalue weighted by Gasteiger charge is 2.16. The molecule has 112 valence electrons. The van der Waals surface area contributed by atoms with E-state index in [9.17, 15) is 9.18 Å². The first kappa shape index (κ1) is 15.4. The Labute approximate surface area is 123 Å². The summed E-state index contributed by atoms with van der Waals surface area (Å²) >= 11 is 0. The lowest BCUT2D eigenvalue weighted by Gasteiger charge is -2.14. The molecule has 1 heterocycles. The van der Waals surface area contributed by atoms with Crippen LogP contribution >= 0.6 is 0 Å². The predicted octanol–water partition coefficient (Wildman–Crippen LogP) is 3.82. The lowest BCUT2D eigenvalue weighted by Crippen LogP contribution is -2.07. The smallest absolute Gasteiger partial charge is 0.307 e. The Morgan fingerprint density at radius 2 is 2.00 bits per heavy atom. The molecule has 0 saturated heterocycles. The minimum atomic E-state index is -0.917. The number of fused-ring (bicyclic) bond motifs is 1. The molecule has 0 aliphatic heterocycles. The Morgan fingerprint density at radius 1 is 1.33 bits per heavy atom. The van der Waals surface area contributed by atoms with Crippen LogP contribution in [0.1, 0.15) is 36.2 Å². The van der Waals surface area contributed by atoms with Crippen molar-refractivity contribution >= 4 is 16.9 Å². The lowest BCUT2D eigenvalue weighted by molar-refractivity contribution is -0.136. The zero-order valence-corrected chi connectivity index (χ0v) is 12.8. The topological polar surface area (TPSA) is 50.2 Å². The van der Waals surface area contributed by atoms with E-state index in [0.717, 1.165) is 17.5 Å². The molecule has 1 aromatic carbocycles. The number of nitrogens with zero attached hydrogens (tertiary/aromatic N) is 1. The van der Waals surface area contributed by atoms with Crippen molar-refractivity contribution in [2.75, 3.05) is 0 Å². The average Bonchev–Trinajstić information content (AvgIpc) is 2.35. The molecule has 3 nitrogen and oxygen atoms in total. The second-order valence-corrected chi connectivity index (χ2v) is 5.94. The molecule has 0 radical (unpaired) electrons. The van der Waals surface area contributed by atoms with E-state index in [1.165, 1.54) is 6.07 Å². The molecule has 2 rings (SSSR count). The number of aliphatic carboxylic acids is 1. The summed E-state index contributed by atoms with van der Waals surface area (Å²) in [5.74, 6) is -0.887. The number of carbonyl (C=O) groups is 1. The second kappa shape index (κ2) is 5.80. The Hall–Kier alpha value is -1.97. The standard InChI is InChI=1S/C17H20FNO2/c1-9(2)5-12-6-14-13(8-16(20)21)10(3)11(4)19-17(14)15(18)7-12/h6-7,9H,5,8H2,1-4H3,(H,20,21). The van der Waals surface area contributed by atoms with Gasteiger partial charge in [0.1, 0.15) is 11.3 Å². The quantitative estimate of drug-likeness (QED) is 0.931. The monoisotopic (exact) mass is 289 g/mol. The fourth-order valence-electron chi connectivity index (χ4n) is 2.64. The second-order valence-electron chi connectivity index (χ2n) is 5.94. The SMILES string of the molecule is Cc1nc2c(F)cc(CC(C)C)cc2c(CC(=O)O)c1C. The Balaban J connectivity index is 2.74. The largest absolute Gasteiger partial charge is 0.481 e. The van der Waals surface area contributed by atoms with Gasteiger partial charge in [-0.05, 0) is 55.0 Å². The average molecular weight is 289 g/mol. The molecule has 0 spiro atoms. The Bertz CT molecular complexity index is 708. The molecule has 0 saturated carbocycles. The summed E-state index contributed by atoms with van der Waals surface area (Å²) in [6, 6.07) is 3.39. The fraction of sp³-hybridized carbons (Fsp3) is 0.412. The first-order valence-corrected chi connectivity index (χ1v) is 7.09. The van der Waals surface area contributed by atoms with Crippen LogP contribution < -0.4 is 0 Å². The minimum Gasteiger partial charge on any atom is -0.481 e. The van der Waals surface area contributed by atoms with Gasteiger partial charge in [-0.15, -0.1) is 0 Å². The summed E-state index contributed by atoms with van der Waals surface area (Å²) in [5, 5.41) is 9.73. The van der Waals surface area contributed by atoms with E-state index in [1.807, 2.05) is 13.0 Å². The highest BCUT2D eigenvalue weighted by molar-refractivity contribution is 5.88. The number of halogens is 1. The van der Waals surface area contributed by atoms with Gasteiger partial charge in [-0.1, -0.05) is 13.8 Å². The van der Waals surface area contributed by atoms with Crippen molar-refractivity contribution in [3.8, 4) is 0 Å². The Kier molecular flexibility index (Phi) is 4.26. The van der Waals surface area contributed by atoms with Gasteiger partial charge in [0.25, 0.3) is 0 Å². The van der Waals surface area contributed by atoms with Gasteiger partial charge in [0, 0.05) is 11.1 Å². The van der Waals surface area contributed by atoms with Crippen LogP contribution in [-0.4, -0.2) is 16.1 Å². The zero-order chi connectivity index (χ0) is 15.7. The number of pyridine rings is 1. The van der Waals surface area contributed by atoms with E-state index in [0.29, 0.717) is 22.6 Å². The van der Waals surface area contributed by atoms with Gasteiger partial charge in [0.05, 0.1) is 6.42 Å². The van der Waals surface area contributed by atoms with E-state index in [1.54, 1.807) is 6.92 Å². The van der Waals surface area contributed by atoms with E-state index >= 15 is 0 Å². The van der Waals surface area contributed by atoms with Crippen molar-refractivity contribution in [3.05, 3.63) is 40.3 Å². The molecule has 0 bridgehead atoms. The number of rotatable bonds is 4. The molecule has 0 fully saturated rings. The number of aromatic nitrogens is 1. The van der Waals surface area contributed by atoms with Crippen LogP contribution in [0, 0.1) is 25.6 Å². The zero-order valence-electron chi connectivity index (χ0n) is 12.8. The van der Waals surface area contributed by atoms with Crippen molar-refractivity contribution in [3.63, 3.8) is 0 Å². The van der Waals surface area contributed by atoms with Gasteiger partial charge in [0.15, 0.2) is 0 Å². The van der Waals surface area contributed by atoms with Crippen LogP contribution in [0.3, 0.4) is 0 Å². The number of carboxylic acid groups (broad SMARTS) is 1. The van der Waals surface area contributed by atoms with E-state index < -0.39 is 5.97 Å². The maximum absolute atomic E-state index is 14.3. The van der Waals surface area contributed by atoms with Gasteiger partial charge in [0.2, 0.25) is 0 Å². The van der Waals surface area contributed by atoms with Crippen LogP contribution in [0.25, 0.3) is 10.9 Å². The van der Waals surface area contributed by atoms with Crippen LogP contribution in [0.2, 0.25) is 0 Å². The molecule has 0 amide bonds. The van der Waals surface area contributed by atoms with E-state index in [2.05, 4.69) is 18.8 Å².